The van der Waals surface area contributed by atoms with E-state index in [9.17, 15) is 0 Å². The predicted molar refractivity (Wildman–Crippen MR) is 64.0 cm³/mol. The standard InChI is InChI=1S/C13H15N3/c1-9-5-11(8-16-6-9)13(14)12-3-4-15-7-10(12)2/h3-8,13H,14H2,1-2H3. The van der Waals surface area contributed by atoms with Gasteiger partial charge in [-0.1, -0.05) is 6.07 Å². The molecule has 0 fully saturated rings. The zero-order valence-electron chi connectivity index (χ0n) is 9.51. The maximum absolute atomic E-state index is 6.22. The molecule has 82 valence electrons. The van der Waals surface area contributed by atoms with E-state index in [1.807, 2.05) is 38.5 Å². The van der Waals surface area contributed by atoms with E-state index in [-0.39, 0.29) is 6.04 Å². The first kappa shape index (κ1) is 10.8. The Balaban J connectivity index is 2.39. The summed E-state index contributed by atoms with van der Waals surface area (Å²) in [6, 6.07) is 3.90. The van der Waals surface area contributed by atoms with Crippen molar-refractivity contribution in [1.82, 2.24) is 9.97 Å². The highest BCUT2D eigenvalue weighted by atomic mass is 14.7. The summed E-state index contributed by atoms with van der Waals surface area (Å²) in [4.78, 5) is 8.23. The van der Waals surface area contributed by atoms with E-state index in [1.54, 1.807) is 6.20 Å². The van der Waals surface area contributed by atoms with Crippen LogP contribution in [-0.4, -0.2) is 9.97 Å². The van der Waals surface area contributed by atoms with Crippen molar-refractivity contribution >= 4 is 0 Å². The first-order chi connectivity index (χ1) is 7.68. The molecular weight excluding hydrogens is 198 g/mol. The van der Waals surface area contributed by atoms with Crippen molar-refractivity contribution in [2.75, 3.05) is 0 Å². The Bertz CT molecular complexity index is 494. The summed E-state index contributed by atoms with van der Waals surface area (Å²) < 4.78 is 0. The lowest BCUT2D eigenvalue weighted by atomic mass is 9.98. The van der Waals surface area contributed by atoms with Crippen LogP contribution in [0.4, 0.5) is 0 Å². The Kier molecular flexibility index (Phi) is 2.97. The summed E-state index contributed by atoms with van der Waals surface area (Å²) in [7, 11) is 0. The fourth-order valence-corrected chi connectivity index (χ4v) is 1.76. The van der Waals surface area contributed by atoms with Crippen LogP contribution >= 0.6 is 0 Å². The molecule has 3 heteroatoms. The van der Waals surface area contributed by atoms with Crippen LogP contribution in [0.15, 0.2) is 36.9 Å². The van der Waals surface area contributed by atoms with E-state index in [0.717, 1.165) is 22.3 Å². The normalized spacial score (nSPS) is 12.4. The first-order valence-electron chi connectivity index (χ1n) is 5.26. The van der Waals surface area contributed by atoms with Crippen LogP contribution in [-0.2, 0) is 0 Å². The van der Waals surface area contributed by atoms with Gasteiger partial charge in [-0.25, -0.2) is 0 Å². The van der Waals surface area contributed by atoms with Crippen LogP contribution in [0, 0.1) is 13.8 Å². The number of rotatable bonds is 2. The third kappa shape index (κ3) is 2.09. The topological polar surface area (TPSA) is 51.8 Å². The van der Waals surface area contributed by atoms with Crippen molar-refractivity contribution in [3.63, 3.8) is 0 Å². The fourth-order valence-electron chi connectivity index (χ4n) is 1.76. The van der Waals surface area contributed by atoms with Gasteiger partial charge in [-0.05, 0) is 42.2 Å². The van der Waals surface area contributed by atoms with E-state index >= 15 is 0 Å². The molecule has 2 aromatic rings. The molecule has 0 amide bonds. The molecule has 0 aliphatic heterocycles. The van der Waals surface area contributed by atoms with E-state index in [1.165, 1.54) is 0 Å². The molecule has 0 aromatic carbocycles. The van der Waals surface area contributed by atoms with Crippen LogP contribution in [0.5, 0.6) is 0 Å². The summed E-state index contributed by atoms with van der Waals surface area (Å²) in [6.45, 7) is 4.04. The minimum Gasteiger partial charge on any atom is -0.320 e. The molecule has 2 rings (SSSR count). The van der Waals surface area contributed by atoms with Crippen LogP contribution in [0.2, 0.25) is 0 Å². The van der Waals surface area contributed by atoms with Gasteiger partial charge >= 0.3 is 0 Å². The second-order valence-electron chi connectivity index (χ2n) is 4.01. The van der Waals surface area contributed by atoms with Gasteiger partial charge in [0.15, 0.2) is 0 Å². The average Bonchev–Trinajstić information content (AvgIpc) is 2.29. The lowest BCUT2D eigenvalue weighted by Gasteiger charge is -2.14. The lowest BCUT2D eigenvalue weighted by molar-refractivity contribution is 0.847. The highest BCUT2D eigenvalue weighted by Gasteiger charge is 2.11. The largest absolute Gasteiger partial charge is 0.320 e. The van der Waals surface area contributed by atoms with Gasteiger partial charge in [-0.2, -0.15) is 0 Å². The van der Waals surface area contributed by atoms with Crippen LogP contribution in [0.3, 0.4) is 0 Å². The van der Waals surface area contributed by atoms with Crippen molar-refractivity contribution in [2.45, 2.75) is 19.9 Å². The monoisotopic (exact) mass is 213 g/mol. The number of aromatic nitrogens is 2. The van der Waals surface area contributed by atoms with Gasteiger partial charge in [-0.3, -0.25) is 9.97 Å². The predicted octanol–water partition coefficient (Wildman–Crippen LogP) is 2.14. The Labute approximate surface area is 95.4 Å². The SMILES string of the molecule is Cc1cncc(C(N)c2ccncc2C)c1. The molecule has 0 saturated heterocycles. The number of pyridine rings is 2. The van der Waals surface area contributed by atoms with Gasteiger partial charge in [-0.15, -0.1) is 0 Å². The van der Waals surface area contributed by atoms with Gasteiger partial charge < -0.3 is 5.73 Å². The minimum atomic E-state index is -0.129. The number of hydrogen-bond donors (Lipinski definition) is 1. The third-order valence-corrected chi connectivity index (χ3v) is 2.65. The second kappa shape index (κ2) is 4.41. The van der Waals surface area contributed by atoms with Crippen molar-refractivity contribution in [3.8, 4) is 0 Å². The Morgan fingerprint density at radius 2 is 1.94 bits per heavy atom. The van der Waals surface area contributed by atoms with Crippen LogP contribution in [0.1, 0.15) is 28.3 Å². The maximum atomic E-state index is 6.22. The maximum Gasteiger partial charge on any atom is 0.0570 e. The Hall–Kier alpha value is -1.74. The third-order valence-electron chi connectivity index (χ3n) is 2.65. The molecule has 0 bridgehead atoms. The highest BCUT2D eigenvalue weighted by molar-refractivity contribution is 5.34. The zero-order chi connectivity index (χ0) is 11.5. The average molecular weight is 213 g/mol. The molecule has 0 spiro atoms. The van der Waals surface area contributed by atoms with Gasteiger partial charge in [0.1, 0.15) is 0 Å². The van der Waals surface area contributed by atoms with Gasteiger partial charge in [0.2, 0.25) is 0 Å². The molecule has 0 saturated carbocycles. The Morgan fingerprint density at radius 3 is 2.62 bits per heavy atom. The molecule has 2 aromatic heterocycles. The summed E-state index contributed by atoms with van der Waals surface area (Å²) in [5.74, 6) is 0. The molecule has 2 N–H and O–H groups in total. The smallest absolute Gasteiger partial charge is 0.0570 e. The van der Waals surface area contributed by atoms with Gasteiger partial charge in [0.05, 0.1) is 6.04 Å². The van der Waals surface area contributed by atoms with Gasteiger partial charge in [0.25, 0.3) is 0 Å². The molecule has 16 heavy (non-hydrogen) atoms. The highest BCUT2D eigenvalue weighted by Crippen LogP contribution is 2.21. The number of nitrogens with two attached hydrogens (primary N) is 1. The molecule has 3 nitrogen and oxygen atoms in total. The molecular formula is C13H15N3. The Morgan fingerprint density at radius 1 is 1.12 bits per heavy atom. The summed E-state index contributed by atoms with van der Waals surface area (Å²) in [5.41, 5.74) is 10.6. The molecule has 0 aliphatic carbocycles. The quantitative estimate of drug-likeness (QED) is 0.831. The van der Waals surface area contributed by atoms with Gasteiger partial charge in [0, 0.05) is 24.8 Å². The lowest BCUT2D eigenvalue weighted by Crippen LogP contribution is -2.13. The fraction of sp³-hybridized carbons (Fsp3) is 0.231. The minimum absolute atomic E-state index is 0.129. The van der Waals surface area contributed by atoms with Crippen LogP contribution in [0.25, 0.3) is 0 Å². The summed E-state index contributed by atoms with van der Waals surface area (Å²) in [5, 5.41) is 0. The van der Waals surface area contributed by atoms with E-state index in [0.29, 0.717) is 0 Å². The van der Waals surface area contributed by atoms with Crippen molar-refractivity contribution < 1.29 is 0 Å². The molecule has 0 aliphatic rings. The van der Waals surface area contributed by atoms with E-state index in [4.69, 9.17) is 5.73 Å². The molecule has 1 unspecified atom stereocenters. The summed E-state index contributed by atoms with van der Waals surface area (Å²) >= 11 is 0. The molecule has 2 heterocycles. The zero-order valence-corrected chi connectivity index (χ0v) is 9.51. The summed E-state index contributed by atoms with van der Waals surface area (Å²) in [6.07, 6.45) is 7.25. The number of hydrogen-bond acceptors (Lipinski definition) is 3. The van der Waals surface area contributed by atoms with E-state index in [2.05, 4.69) is 16.0 Å². The number of aryl methyl sites for hydroxylation is 2. The number of nitrogens with zero attached hydrogens (tertiary/aromatic N) is 2. The molecule has 0 radical (unpaired) electrons. The molecule has 1 atom stereocenters. The van der Waals surface area contributed by atoms with E-state index < -0.39 is 0 Å². The second-order valence-corrected chi connectivity index (χ2v) is 4.01. The van der Waals surface area contributed by atoms with Crippen molar-refractivity contribution in [1.29, 1.82) is 0 Å². The first-order valence-corrected chi connectivity index (χ1v) is 5.26. The van der Waals surface area contributed by atoms with Crippen LogP contribution < -0.4 is 5.73 Å². The van der Waals surface area contributed by atoms with Crippen molar-refractivity contribution in [3.05, 3.63) is 59.2 Å². The van der Waals surface area contributed by atoms with Crippen molar-refractivity contribution in [2.24, 2.45) is 5.73 Å².